The first-order chi connectivity index (χ1) is 11.4. The maximum absolute atomic E-state index is 13.3. The standard InChI is InChI=1S/C18H19FN4O/c1-12(24)22-17-8-16-13(9-20-17)10-21-23(16)15-6-4-5-14(7-15)18(2,3)11-19/h4-10H,11H2,1-3H3,(H,20,22,24). The molecule has 0 radical (unpaired) electrons. The number of anilines is 1. The van der Waals surface area contributed by atoms with Crippen molar-refractivity contribution in [2.45, 2.75) is 26.2 Å². The number of hydrogen-bond donors (Lipinski definition) is 1. The molecule has 6 heteroatoms. The highest BCUT2D eigenvalue weighted by Crippen LogP contribution is 2.27. The molecule has 2 aromatic heterocycles. The molecule has 0 fully saturated rings. The summed E-state index contributed by atoms with van der Waals surface area (Å²) < 4.78 is 15.1. The Morgan fingerprint density at radius 1 is 1.29 bits per heavy atom. The van der Waals surface area contributed by atoms with Gasteiger partial charge in [-0.3, -0.25) is 9.18 Å². The van der Waals surface area contributed by atoms with Crippen molar-refractivity contribution >= 4 is 22.6 Å². The lowest BCUT2D eigenvalue weighted by Gasteiger charge is -2.21. The fourth-order valence-electron chi connectivity index (χ4n) is 2.51. The molecule has 0 spiro atoms. The molecule has 0 aliphatic rings. The zero-order valence-electron chi connectivity index (χ0n) is 13.9. The van der Waals surface area contributed by atoms with Crippen LogP contribution in [0.2, 0.25) is 0 Å². The maximum Gasteiger partial charge on any atom is 0.222 e. The predicted molar refractivity (Wildman–Crippen MR) is 92.2 cm³/mol. The predicted octanol–water partition coefficient (Wildman–Crippen LogP) is 3.63. The largest absolute Gasteiger partial charge is 0.311 e. The lowest BCUT2D eigenvalue weighted by molar-refractivity contribution is -0.114. The quantitative estimate of drug-likeness (QED) is 0.796. The summed E-state index contributed by atoms with van der Waals surface area (Å²) >= 11 is 0. The third kappa shape index (κ3) is 2.99. The summed E-state index contributed by atoms with van der Waals surface area (Å²) in [5.41, 5.74) is 2.01. The number of fused-ring (bicyclic) bond motifs is 1. The Hall–Kier alpha value is -2.76. The molecule has 3 rings (SSSR count). The number of halogens is 1. The van der Waals surface area contributed by atoms with Crippen molar-refractivity contribution in [3.8, 4) is 5.69 Å². The molecular weight excluding hydrogens is 307 g/mol. The van der Waals surface area contributed by atoms with Crippen molar-refractivity contribution < 1.29 is 9.18 Å². The van der Waals surface area contributed by atoms with E-state index in [4.69, 9.17) is 0 Å². The van der Waals surface area contributed by atoms with E-state index in [1.54, 1.807) is 23.1 Å². The van der Waals surface area contributed by atoms with E-state index in [-0.39, 0.29) is 5.91 Å². The van der Waals surface area contributed by atoms with Gasteiger partial charge in [0.25, 0.3) is 0 Å². The van der Waals surface area contributed by atoms with Crippen LogP contribution in [0.15, 0.2) is 42.7 Å². The zero-order valence-corrected chi connectivity index (χ0v) is 13.9. The highest BCUT2D eigenvalue weighted by atomic mass is 19.1. The number of pyridine rings is 1. The van der Waals surface area contributed by atoms with Crippen LogP contribution < -0.4 is 5.32 Å². The Labute approximate surface area is 139 Å². The lowest BCUT2D eigenvalue weighted by Crippen LogP contribution is -2.19. The average molecular weight is 326 g/mol. The summed E-state index contributed by atoms with van der Waals surface area (Å²) in [4.78, 5) is 15.4. The highest BCUT2D eigenvalue weighted by Gasteiger charge is 2.21. The first-order valence-corrected chi connectivity index (χ1v) is 7.69. The van der Waals surface area contributed by atoms with E-state index in [2.05, 4.69) is 15.4 Å². The van der Waals surface area contributed by atoms with Crippen LogP contribution in [0.25, 0.3) is 16.6 Å². The second-order valence-corrected chi connectivity index (χ2v) is 6.43. The molecule has 1 aromatic carbocycles. The van der Waals surface area contributed by atoms with E-state index >= 15 is 0 Å². The molecule has 5 nitrogen and oxygen atoms in total. The summed E-state index contributed by atoms with van der Waals surface area (Å²) in [7, 11) is 0. The number of nitrogens with zero attached hydrogens (tertiary/aromatic N) is 3. The molecule has 2 heterocycles. The second kappa shape index (κ2) is 6.03. The molecule has 1 amide bonds. The van der Waals surface area contributed by atoms with Crippen molar-refractivity contribution in [3.05, 3.63) is 48.3 Å². The third-order valence-electron chi connectivity index (χ3n) is 3.96. The van der Waals surface area contributed by atoms with E-state index in [1.165, 1.54) is 6.92 Å². The zero-order chi connectivity index (χ0) is 17.3. The fourth-order valence-corrected chi connectivity index (χ4v) is 2.51. The topological polar surface area (TPSA) is 59.8 Å². The van der Waals surface area contributed by atoms with Gasteiger partial charge in [0, 0.05) is 30.0 Å². The van der Waals surface area contributed by atoms with Gasteiger partial charge in [-0.05, 0) is 17.7 Å². The summed E-state index contributed by atoms with van der Waals surface area (Å²) in [5, 5.41) is 7.93. The molecule has 0 atom stereocenters. The van der Waals surface area contributed by atoms with Gasteiger partial charge in [-0.2, -0.15) is 5.10 Å². The number of carbonyl (C=O) groups excluding carboxylic acids is 1. The van der Waals surface area contributed by atoms with Crippen LogP contribution in [0.1, 0.15) is 26.3 Å². The molecule has 0 saturated carbocycles. The van der Waals surface area contributed by atoms with Gasteiger partial charge >= 0.3 is 0 Å². The van der Waals surface area contributed by atoms with Gasteiger partial charge in [-0.15, -0.1) is 0 Å². The number of benzene rings is 1. The number of hydrogen-bond acceptors (Lipinski definition) is 3. The smallest absolute Gasteiger partial charge is 0.222 e. The van der Waals surface area contributed by atoms with Gasteiger partial charge in [0.1, 0.15) is 5.82 Å². The Bertz CT molecular complexity index is 901. The van der Waals surface area contributed by atoms with E-state index in [0.717, 1.165) is 22.2 Å². The van der Waals surface area contributed by atoms with Crippen molar-refractivity contribution in [1.29, 1.82) is 0 Å². The van der Waals surface area contributed by atoms with E-state index in [9.17, 15) is 9.18 Å². The summed E-state index contributed by atoms with van der Waals surface area (Å²) in [6.45, 7) is 4.73. The number of amides is 1. The fraction of sp³-hybridized carbons (Fsp3) is 0.278. The van der Waals surface area contributed by atoms with Crippen molar-refractivity contribution in [2.75, 3.05) is 12.0 Å². The van der Waals surface area contributed by atoms with Crippen molar-refractivity contribution in [2.24, 2.45) is 0 Å². The third-order valence-corrected chi connectivity index (χ3v) is 3.96. The van der Waals surface area contributed by atoms with Crippen molar-refractivity contribution in [1.82, 2.24) is 14.8 Å². The summed E-state index contributed by atoms with van der Waals surface area (Å²) in [6.07, 6.45) is 3.38. The molecule has 0 saturated heterocycles. The number of nitrogens with one attached hydrogen (secondary N) is 1. The molecule has 124 valence electrons. The van der Waals surface area contributed by atoms with Gasteiger partial charge in [-0.25, -0.2) is 9.67 Å². The molecule has 3 aromatic rings. The van der Waals surface area contributed by atoms with Crippen LogP contribution in [-0.2, 0) is 10.2 Å². The molecule has 0 unspecified atom stereocenters. The van der Waals surface area contributed by atoms with E-state index in [0.29, 0.717) is 5.82 Å². The van der Waals surface area contributed by atoms with Gasteiger partial charge in [-0.1, -0.05) is 26.0 Å². The first kappa shape index (κ1) is 16.1. The Morgan fingerprint density at radius 2 is 2.08 bits per heavy atom. The Balaban J connectivity index is 2.09. The van der Waals surface area contributed by atoms with Gasteiger partial charge < -0.3 is 5.32 Å². The Morgan fingerprint density at radius 3 is 2.79 bits per heavy atom. The Kier molecular flexibility index (Phi) is 4.05. The minimum atomic E-state index is -0.554. The summed E-state index contributed by atoms with van der Waals surface area (Å²) in [6, 6.07) is 9.44. The van der Waals surface area contributed by atoms with Crippen LogP contribution in [0, 0.1) is 0 Å². The van der Waals surface area contributed by atoms with E-state index in [1.807, 2.05) is 38.1 Å². The van der Waals surface area contributed by atoms with Crippen molar-refractivity contribution in [3.63, 3.8) is 0 Å². The van der Waals surface area contributed by atoms with Crippen LogP contribution in [0.3, 0.4) is 0 Å². The number of alkyl halides is 1. The SMILES string of the molecule is CC(=O)Nc1cc2c(cn1)cnn2-c1cccc(C(C)(C)CF)c1. The van der Waals surface area contributed by atoms with Crippen LogP contribution in [0.4, 0.5) is 10.2 Å². The highest BCUT2D eigenvalue weighted by molar-refractivity contribution is 5.90. The molecular formula is C18H19FN4O. The number of carbonyl (C=O) groups is 1. The van der Waals surface area contributed by atoms with Crippen LogP contribution in [-0.4, -0.2) is 27.3 Å². The monoisotopic (exact) mass is 326 g/mol. The van der Waals surface area contributed by atoms with E-state index < -0.39 is 12.1 Å². The average Bonchev–Trinajstić information content (AvgIpc) is 2.97. The maximum atomic E-state index is 13.3. The second-order valence-electron chi connectivity index (χ2n) is 6.43. The molecule has 0 bridgehead atoms. The lowest BCUT2D eigenvalue weighted by atomic mass is 9.86. The summed E-state index contributed by atoms with van der Waals surface area (Å²) in [5.74, 6) is 0.289. The minimum Gasteiger partial charge on any atom is -0.311 e. The number of aromatic nitrogens is 3. The van der Waals surface area contributed by atoms with Gasteiger partial charge in [0.15, 0.2) is 0 Å². The molecule has 0 aliphatic heterocycles. The number of rotatable bonds is 4. The normalized spacial score (nSPS) is 11.7. The van der Waals surface area contributed by atoms with Crippen LogP contribution >= 0.6 is 0 Å². The molecule has 0 aliphatic carbocycles. The van der Waals surface area contributed by atoms with Gasteiger partial charge in [0.2, 0.25) is 5.91 Å². The minimum absolute atomic E-state index is 0.181. The first-order valence-electron chi connectivity index (χ1n) is 7.69. The van der Waals surface area contributed by atoms with Gasteiger partial charge in [0.05, 0.1) is 24.1 Å². The molecule has 1 N–H and O–H groups in total. The van der Waals surface area contributed by atoms with Crippen LogP contribution in [0.5, 0.6) is 0 Å². The molecule has 24 heavy (non-hydrogen) atoms.